The van der Waals surface area contributed by atoms with E-state index in [1.165, 1.54) is 0 Å². The minimum Gasteiger partial charge on any atom is -0.389 e. The summed E-state index contributed by atoms with van der Waals surface area (Å²) in [6.07, 6.45) is 6.83. The van der Waals surface area contributed by atoms with Crippen LogP contribution in [-0.2, 0) is 11.3 Å². The van der Waals surface area contributed by atoms with Gasteiger partial charge in [0.25, 0.3) is 0 Å². The summed E-state index contributed by atoms with van der Waals surface area (Å²) >= 11 is 6.21. The molecule has 0 radical (unpaired) electrons. The van der Waals surface area contributed by atoms with Gasteiger partial charge >= 0.3 is 0 Å². The van der Waals surface area contributed by atoms with E-state index < -0.39 is 5.60 Å². The van der Waals surface area contributed by atoms with E-state index in [0.717, 1.165) is 36.6 Å². The average Bonchev–Trinajstić information content (AvgIpc) is 2.98. The van der Waals surface area contributed by atoms with Crippen molar-refractivity contribution < 1.29 is 9.90 Å². The monoisotopic (exact) mass is 346 g/mol. The van der Waals surface area contributed by atoms with Gasteiger partial charge in [0.2, 0.25) is 5.91 Å². The number of aliphatic hydroxyl groups is 1. The fraction of sp³-hybridized carbons (Fsp3) is 0.526. The molecule has 5 heteroatoms. The second-order valence-electron chi connectivity index (χ2n) is 7.25. The van der Waals surface area contributed by atoms with Crippen molar-refractivity contribution in [1.82, 2.24) is 9.47 Å². The van der Waals surface area contributed by atoms with Gasteiger partial charge in [0.15, 0.2) is 0 Å². The van der Waals surface area contributed by atoms with Gasteiger partial charge in [0.05, 0.1) is 5.60 Å². The van der Waals surface area contributed by atoms with Crippen molar-refractivity contribution in [1.29, 1.82) is 0 Å². The van der Waals surface area contributed by atoms with Crippen molar-refractivity contribution in [3.8, 4) is 0 Å². The van der Waals surface area contributed by atoms with Crippen LogP contribution in [0.15, 0.2) is 30.5 Å². The van der Waals surface area contributed by atoms with Crippen molar-refractivity contribution in [2.45, 2.75) is 44.2 Å². The molecule has 1 aliphatic heterocycles. The quantitative estimate of drug-likeness (QED) is 0.905. The molecule has 2 atom stereocenters. The molecule has 4 rings (SSSR count). The molecule has 1 saturated carbocycles. The molecule has 2 aromatic rings. The maximum Gasteiger partial charge on any atom is 0.242 e. The standard InChI is InChI=1S/C19H23ClN2O2/c20-16-5-3-6-17-15(16)7-10-21(17)13-18(23)22-11-9-19(24)8-2-1-4-14(19)12-22/h3,5-7,10,14,24H,1-2,4,8-9,11-13H2/t14-,19+/m1/s1. The Hall–Kier alpha value is -1.52. The number of likely N-dealkylation sites (tertiary alicyclic amines) is 1. The third-order valence-electron chi connectivity index (χ3n) is 5.85. The first-order valence-electron chi connectivity index (χ1n) is 8.80. The van der Waals surface area contributed by atoms with Crippen molar-refractivity contribution >= 4 is 28.4 Å². The molecule has 24 heavy (non-hydrogen) atoms. The highest BCUT2D eigenvalue weighted by Gasteiger charge is 2.43. The number of halogens is 1. The summed E-state index contributed by atoms with van der Waals surface area (Å²) in [5, 5.41) is 12.5. The number of benzene rings is 1. The predicted molar refractivity (Wildman–Crippen MR) is 95.1 cm³/mol. The van der Waals surface area contributed by atoms with Gasteiger partial charge in [-0.25, -0.2) is 0 Å². The summed E-state index contributed by atoms with van der Waals surface area (Å²) in [6, 6.07) is 7.73. The molecule has 2 fully saturated rings. The van der Waals surface area contributed by atoms with Crippen LogP contribution >= 0.6 is 11.6 Å². The van der Waals surface area contributed by atoms with Gasteiger partial charge in [-0.3, -0.25) is 4.79 Å². The molecule has 1 saturated heterocycles. The fourth-order valence-electron chi connectivity index (χ4n) is 4.37. The van der Waals surface area contributed by atoms with Crippen LogP contribution in [0.4, 0.5) is 0 Å². The third kappa shape index (κ3) is 2.72. The zero-order chi connectivity index (χ0) is 16.7. The Morgan fingerprint density at radius 3 is 3.04 bits per heavy atom. The highest BCUT2D eigenvalue weighted by Crippen LogP contribution is 2.39. The lowest BCUT2D eigenvalue weighted by Crippen LogP contribution is -2.55. The Balaban J connectivity index is 1.49. The summed E-state index contributed by atoms with van der Waals surface area (Å²) in [5.41, 5.74) is 0.449. The lowest BCUT2D eigenvalue weighted by molar-refractivity contribution is -0.143. The highest BCUT2D eigenvalue weighted by atomic mass is 35.5. The van der Waals surface area contributed by atoms with E-state index in [9.17, 15) is 9.90 Å². The van der Waals surface area contributed by atoms with Gasteiger partial charge in [-0.15, -0.1) is 0 Å². The summed E-state index contributed by atoms with van der Waals surface area (Å²) in [4.78, 5) is 14.7. The topological polar surface area (TPSA) is 45.5 Å². The fourth-order valence-corrected chi connectivity index (χ4v) is 4.60. The zero-order valence-electron chi connectivity index (χ0n) is 13.7. The van der Waals surface area contributed by atoms with Gasteiger partial charge in [-0.05, 0) is 37.5 Å². The summed E-state index contributed by atoms with van der Waals surface area (Å²) < 4.78 is 1.96. The summed E-state index contributed by atoms with van der Waals surface area (Å²) in [6.45, 7) is 1.68. The van der Waals surface area contributed by atoms with Crippen molar-refractivity contribution in [3.05, 3.63) is 35.5 Å². The highest BCUT2D eigenvalue weighted by molar-refractivity contribution is 6.35. The molecule has 0 spiro atoms. The number of hydrogen-bond donors (Lipinski definition) is 1. The summed E-state index contributed by atoms with van der Waals surface area (Å²) in [7, 11) is 0. The van der Waals surface area contributed by atoms with Gasteiger partial charge in [0, 0.05) is 41.1 Å². The average molecular weight is 347 g/mol. The Labute approximate surface area is 147 Å². The molecule has 2 aliphatic rings. The molecule has 0 unspecified atom stereocenters. The molecule has 4 nitrogen and oxygen atoms in total. The second kappa shape index (κ2) is 6.08. The maximum absolute atomic E-state index is 12.8. The predicted octanol–water partition coefficient (Wildman–Crippen LogP) is 3.45. The van der Waals surface area contributed by atoms with Crippen LogP contribution in [0, 0.1) is 5.92 Å². The second-order valence-corrected chi connectivity index (χ2v) is 7.66. The normalized spacial score (nSPS) is 27.2. The summed E-state index contributed by atoms with van der Waals surface area (Å²) in [5.74, 6) is 0.361. The van der Waals surface area contributed by atoms with Gasteiger partial charge in [-0.1, -0.05) is 30.5 Å². The van der Waals surface area contributed by atoms with Crippen molar-refractivity contribution in [2.75, 3.05) is 13.1 Å². The minimum absolute atomic E-state index is 0.125. The van der Waals surface area contributed by atoms with E-state index in [0.29, 0.717) is 31.1 Å². The van der Waals surface area contributed by atoms with Crippen LogP contribution in [0.1, 0.15) is 32.1 Å². The van der Waals surface area contributed by atoms with Gasteiger partial charge < -0.3 is 14.6 Å². The maximum atomic E-state index is 12.8. The van der Waals surface area contributed by atoms with E-state index in [1.54, 1.807) is 0 Å². The Kier molecular flexibility index (Phi) is 4.05. The lowest BCUT2D eigenvalue weighted by Gasteiger charge is -2.47. The first kappa shape index (κ1) is 16.0. The molecule has 1 aromatic carbocycles. The molecule has 2 heterocycles. The third-order valence-corrected chi connectivity index (χ3v) is 6.18. The number of amides is 1. The number of hydrogen-bond acceptors (Lipinski definition) is 2. The Morgan fingerprint density at radius 2 is 2.17 bits per heavy atom. The molecule has 1 aliphatic carbocycles. The van der Waals surface area contributed by atoms with Crippen LogP contribution in [0.3, 0.4) is 0 Å². The van der Waals surface area contributed by atoms with Crippen molar-refractivity contribution in [3.63, 3.8) is 0 Å². The Bertz CT molecular complexity index is 772. The lowest BCUT2D eigenvalue weighted by atomic mass is 9.71. The van der Waals surface area contributed by atoms with E-state index in [-0.39, 0.29) is 11.8 Å². The number of nitrogens with zero attached hydrogens (tertiary/aromatic N) is 2. The molecular formula is C19H23ClN2O2. The number of carbonyl (C=O) groups is 1. The van der Waals surface area contributed by atoms with Crippen molar-refractivity contribution in [2.24, 2.45) is 5.92 Å². The first-order valence-corrected chi connectivity index (χ1v) is 9.18. The molecule has 128 valence electrons. The molecule has 1 N–H and O–H groups in total. The molecular weight excluding hydrogens is 324 g/mol. The van der Waals surface area contributed by atoms with Crippen LogP contribution < -0.4 is 0 Å². The van der Waals surface area contributed by atoms with E-state index >= 15 is 0 Å². The molecule has 1 aromatic heterocycles. The number of fused-ring (bicyclic) bond motifs is 2. The number of carbonyl (C=O) groups excluding carboxylic acids is 1. The number of piperidine rings is 1. The SMILES string of the molecule is O=C(Cn1ccc2c(Cl)cccc21)N1CC[C@@]2(O)CCCC[C@@H]2C1. The van der Waals surface area contributed by atoms with E-state index in [4.69, 9.17) is 11.6 Å². The smallest absolute Gasteiger partial charge is 0.242 e. The Morgan fingerprint density at radius 1 is 1.29 bits per heavy atom. The van der Waals surface area contributed by atoms with E-state index in [1.807, 2.05) is 39.9 Å². The van der Waals surface area contributed by atoms with Gasteiger partial charge in [0.1, 0.15) is 6.54 Å². The molecule has 0 bridgehead atoms. The molecule has 1 amide bonds. The largest absolute Gasteiger partial charge is 0.389 e. The zero-order valence-corrected chi connectivity index (χ0v) is 14.5. The van der Waals surface area contributed by atoms with Crippen LogP contribution in [0.5, 0.6) is 0 Å². The first-order chi connectivity index (χ1) is 11.6. The minimum atomic E-state index is -0.539. The number of rotatable bonds is 2. The number of aromatic nitrogens is 1. The van der Waals surface area contributed by atoms with Gasteiger partial charge in [-0.2, -0.15) is 0 Å². The van der Waals surface area contributed by atoms with Crippen LogP contribution in [0.2, 0.25) is 5.02 Å². The van der Waals surface area contributed by atoms with Crippen LogP contribution in [0.25, 0.3) is 10.9 Å². The van der Waals surface area contributed by atoms with E-state index in [2.05, 4.69) is 0 Å². The van der Waals surface area contributed by atoms with Crippen LogP contribution in [-0.4, -0.2) is 39.2 Å².